The third kappa shape index (κ3) is 3.39. The Morgan fingerprint density at radius 1 is 1.39 bits per heavy atom. The lowest BCUT2D eigenvalue weighted by atomic mass is 9.98. The minimum absolute atomic E-state index is 0.110. The number of nitrogens with zero attached hydrogens (tertiary/aromatic N) is 4. The summed E-state index contributed by atoms with van der Waals surface area (Å²) in [4.78, 5) is 24.1. The van der Waals surface area contributed by atoms with Gasteiger partial charge in [0.2, 0.25) is 5.91 Å². The Morgan fingerprint density at radius 2 is 2.22 bits per heavy atom. The molecule has 2 atom stereocenters. The Hall–Kier alpha value is -2.70. The van der Waals surface area contributed by atoms with Gasteiger partial charge in [0.1, 0.15) is 25.0 Å². The second-order valence-electron chi connectivity index (χ2n) is 5.66. The first-order chi connectivity index (χ1) is 11.2. The number of nitrogens with one attached hydrogen (secondary N) is 2. The Bertz CT molecular complexity index is 746. The molecule has 3 aromatic rings. The highest BCUT2D eigenvalue weighted by Gasteiger charge is 2.23. The number of H-pyrrole nitrogens is 1. The number of aromatic nitrogens is 5. The molecule has 0 bridgehead atoms. The van der Waals surface area contributed by atoms with Crippen LogP contribution in [0.1, 0.15) is 32.1 Å². The zero-order chi connectivity index (χ0) is 16.2. The number of aromatic amines is 1. The summed E-state index contributed by atoms with van der Waals surface area (Å²) in [5.74, 6) is 0.934. The molecule has 1 amide bonds. The number of amides is 1. The van der Waals surface area contributed by atoms with Crippen molar-refractivity contribution in [2.45, 2.75) is 32.9 Å². The average molecular weight is 312 g/mol. The zero-order valence-electron chi connectivity index (χ0n) is 13.2. The molecule has 7 heteroatoms. The first-order valence-corrected chi connectivity index (χ1v) is 7.73. The summed E-state index contributed by atoms with van der Waals surface area (Å²) < 4.78 is 1.50. The lowest BCUT2D eigenvalue weighted by molar-refractivity contribution is -0.123. The largest absolute Gasteiger partial charge is 0.344 e. The molecule has 0 saturated heterocycles. The van der Waals surface area contributed by atoms with Gasteiger partial charge in [-0.3, -0.25) is 4.79 Å². The minimum Gasteiger partial charge on any atom is -0.344 e. The predicted octanol–water partition coefficient (Wildman–Crippen LogP) is 2.06. The van der Waals surface area contributed by atoms with Gasteiger partial charge in [0.05, 0.1) is 17.1 Å². The predicted molar refractivity (Wildman–Crippen MR) is 86.5 cm³/mol. The maximum Gasteiger partial charge on any atom is 0.242 e. The van der Waals surface area contributed by atoms with E-state index < -0.39 is 0 Å². The number of benzene rings is 1. The van der Waals surface area contributed by atoms with Gasteiger partial charge in [0, 0.05) is 0 Å². The van der Waals surface area contributed by atoms with E-state index in [0.717, 1.165) is 23.3 Å². The third-order valence-corrected chi connectivity index (χ3v) is 4.00. The summed E-state index contributed by atoms with van der Waals surface area (Å²) in [6, 6.07) is 7.69. The molecular formula is C16H20N6O. The van der Waals surface area contributed by atoms with E-state index in [1.165, 1.54) is 17.3 Å². The van der Waals surface area contributed by atoms with Crippen LogP contribution in [0.3, 0.4) is 0 Å². The van der Waals surface area contributed by atoms with Crippen LogP contribution in [0.4, 0.5) is 0 Å². The second kappa shape index (κ2) is 6.60. The number of para-hydroxylation sites is 2. The Kier molecular flexibility index (Phi) is 4.36. The van der Waals surface area contributed by atoms with E-state index >= 15 is 0 Å². The van der Waals surface area contributed by atoms with Crippen molar-refractivity contribution in [2.24, 2.45) is 5.92 Å². The molecule has 0 unspecified atom stereocenters. The molecule has 23 heavy (non-hydrogen) atoms. The standard InChI is InChI=1S/C16H20N6O/c1-3-11(2)15(21-14(23)8-22-10-17-9-18-22)16-19-12-6-4-5-7-13(12)20-16/h4-7,9-11,15H,3,8H2,1-2H3,(H,19,20)(H,21,23)/t11-,15-/m0/s1. The molecule has 2 N–H and O–H groups in total. The summed E-state index contributed by atoms with van der Waals surface area (Å²) in [7, 11) is 0. The van der Waals surface area contributed by atoms with Crippen LogP contribution in [0, 0.1) is 5.92 Å². The smallest absolute Gasteiger partial charge is 0.242 e. The lowest BCUT2D eigenvalue weighted by Gasteiger charge is -2.22. The molecule has 0 aliphatic rings. The van der Waals surface area contributed by atoms with Gasteiger partial charge in [-0.25, -0.2) is 14.6 Å². The summed E-state index contributed by atoms with van der Waals surface area (Å²) in [6.45, 7) is 4.35. The average Bonchev–Trinajstić information content (AvgIpc) is 3.20. The molecule has 0 fully saturated rings. The monoisotopic (exact) mass is 312 g/mol. The highest BCUT2D eigenvalue weighted by molar-refractivity contribution is 5.77. The maximum atomic E-state index is 12.3. The van der Waals surface area contributed by atoms with Crippen LogP contribution in [-0.2, 0) is 11.3 Å². The summed E-state index contributed by atoms with van der Waals surface area (Å²) >= 11 is 0. The van der Waals surface area contributed by atoms with Crippen molar-refractivity contribution >= 4 is 16.9 Å². The molecule has 0 aliphatic heterocycles. The van der Waals surface area contributed by atoms with Crippen LogP contribution in [0.25, 0.3) is 11.0 Å². The van der Waals surface area contributed by atoms with Gasteiger partial charge in [-0.15, -0.1) is 0 Å². The fourth-order valence-corrected chi connectivity index (χ4v) is 2.52. The van der Waals surface area contributed by atoms with Crippen LogP contribution in [0.5, 0.6) is 0 Å². The molecule has 0 aliphatic carbocycles. The molecular weight excluding hydrogens is 292 g/mol. The Balaban J connectivity index is 1.81. The van der Waals surface area contributed by atoms with Crippen molar-refractivity contribution in [2.75, 3.05) is 0 Å². The molecule has 7 nitrogen and oxygen atoms in total. The number of rotatable bonds is 6. The van der Waals surface area contributed by atoms with Crippen molar-refractivity contribution in [1.29, 1.82) is 0 Å². The van der Waals surface area contributed by atoms with Crippen molar-refractivity contribution < 1.29 is 4.79 Å². The molecule has 0 radical (unpaired) electrons. The fraction of sp³-hybridized carbons (Fsp3) is 0.375. The maximum absolute atomic E-state index is 12.3. The highest BCUT2D eigenvalue weighted by atomic mass is 16.2. The molecule has 0 saturated carbocycles. The second-order valence-corrected chi connectivity index (χ2v) is 5.66. The van der Waals surface area contributed by atoms with Gasteiger partial charge in [0.15, 0.2) is 0 Å². The van der Waals surface area contributed by atoms with Crippen molar-refractivity contribution in [3.05, 3.63) is 42.7 Å². The number of hydrogen-bond donors (Lipinski definition) is 2. The third-order valence-electron chi connectivity index (χ3n) is 4.00. The van der Waals surface area contributed by atoms with Crippen molar-refractivity contribution in [3.8, 4) is 0 Å². The fourth-order valence-electron chi connectivity index (χ4n) is 2.52. The topological polar surface area (TPSA) is 88.5 Å². The first-order valence-electron chi connectivity index (χ1n) is 7.73. The number of fused-ring (bicyclic) bond motifs is 1. The van der Waals surface area contributed by atoms with E-state index in [-0.39, 0.29) is 24.4 Å². The van der Waals surface area contributed by atoms with E-state index in [4.69, 9.17) is 0 Å². The van der Waals surface area contributed by atoms with Gasteiger partial charge in [0.25, 0.3) is 0 Å². The van der Waals surface area contributed by atoms with Crippen LogP contribution in [0.2, 0.25) is 0 Å². The molecule has 1 aromatic carbocycles. The molecule has 2 aromatic heterocycles. The molecule has 3 rings (SSSR count). The molecule has 0 spiro atoms. The number of carbonyl (C=O) groups excluding carboxylic acids is 1. The van der Waals surface area contributed by atoms with E-state index in [2.05, 4.69) is 39.2 Å². The van der Waals surface area contributed by atoms with E-state index in [0.29, 0.717) is 0 Å². The molecule has 120 valence electrons. The summed E-state index contributed by atoms with van der Waals surface area (Å²) in [6.07, 6.45) is 3.88. The van der Waals surface area contributed by atoms with E-state index in [1.54, 1.807) is 0 Å². The lowest BCUT2D eigenvalue weighted by Crippen LogP contribution is -2.35. The SMILES string of the molecule is CC[C@H](C)[C@H](NC(=O)Cn1cncn1)c1nc2ccccc2[nH]1. The summed E-state index contributed by atoms with van der Waals surface area (Å²) in [5, 5.41) is 7.02. The molecule has 2 heterocycles. The quantitative estimate of drug-likeness (QED) is 0.729. The van der Waals surface area contributed by atoms with Crippen molar-refractivity contribution in [3.63, 3.8) is 0 Å². The van der Waals surface area contributed by atoms with Gasteiger partial charge < -0.3 is 10.3 Å². The van der Waals surface area contributed by atoms with Crippen LogP contribution < -0.4 is 5.32 Å². The number of carbonyl (C=O) groups is 1. The first kappa shape index (κ1) is 15.2. The van der Waals surface area contributed by atoms with Gasteiger partial charge in [-0.2, -0.15) is 5.10 Å². The minimum atomic E-state index is -0.163. The summed E-state index contributed by atoms with van der Waals surface area (Å²) in [5.41, 5.74) is 1.88. The number of hydrogen-bond acceptors (Lipinski definition) is 4. The van der Waals surface area contributed by atoms with Gasteiger partial charge in [-0.05, 0) is 18.1 Å². The van der Waals surface area contributed by atoms with Crippen LogP contribution in [-0.4, -0.2) is 30.6 Å². The highest BCUT2D eigenvalue weighted by Crippen LogP contribution is 2.24. The zero-order valence-corrected chi connectivity index (χ0v) is 13.2. The van der Waals surface area contributed by atoms with Crippen LogP contribution in [0.15, 0.2) is 36.9 Å². The van der Waals surface area contributed by atoms with E-state index in [1.807, 2.05) is 24.3 Å². The van der Waals surface area contributed by atoms with E-state index in [9.17, 15) is 4.79 Å². The number of imidazole rings is 1. The normalized spacial score (nSPS) is 13.8. The Labute approximate surface area is 134 Å². The van der Waals surface area contributed by atoms with Crippen LogP contribution >= 0.6 is 0 Å². The Morgan fingerprint density at radius 3 is 2.91 bits per heavy atom. The van der Waals surface area contributed by atoms with Crippen molar-refractivity contribution in [1.82, 2.24) is 30.0 Å². The van der Waals surface area contributed by atoms with Gasteiger partial charge >= 0.3 is 0 Å². The van der Waals surface area contributed by atoms with Gasteiger partial charge in [-0.1, -0.05) is 32.4 Å².